The van der Waals surface area contributed by atoms with Gasteiger partial charge in [-0.1, -0.05) is 76.9 Å². The highest BCUT2D eigenvalue weighted by atomic mass is 14.1. The molecule has 0 fully saturated rings. The summed E-state index contributed by atoms with van der Waals surface area (Å²) in [6.07, 6.45) is 16.2. The fourth-order valence-corrected chi connectivity index (χ4v) is 2.97. The Balaban J connectivity index is 2.71. The van der Waals surface area contributed by atoms with E-state index in [4.69, 9.17) is 0 Å². The summed E-state index contributed by atoms with van der Waals surface area (Å²) in [6, 6.07) is 10.9. The summed E-state index contributed by atoms with van der Waals surface area (Å²) in [6.45, 7) is 13.2. The largest absolute Gasteiger partial charge is 0.0856 e. The lowest BCUT2D eigenvalue weighted by Gasteiger charge is -2.14. The Labute approximate surface area is 168 Å². The maximum Gasteiger partial charge on any atom is 0.0125 e. The third-order valence-corrected chi connectivity index (χ3v) is 4.76. The molecule has 1 aromatic rings. The van der Waals surface area contributed by atoms with Gasteiger partial charge < -0.3 is 0 Å². The first-order valence-corrected chi connectivity index (χ1v) is 10.4. The van der Waals surface area contributed by atoms with Crippen LogP contribution in [0, 0.1) is 5.92 Å². The molecule has 147 valence electrons. The molecule has 0 saturated carbocycles. The van der Waals surface area contributed by atoms with Crippen molar-refractivity contribution < 1.29 is 0 Å². The second-order valence-corrected chi connectivity index (χ2v) is 8.12. The molecule has 1 rings (SSSR count). The molecule has 0 atom stereocenters. The van der Waals surface area contributed by atoms with Crippen LogP contribution in [-0.2, 0) is 0 Å². The van der Waals surface area contributed by atoms with E-state index in [1.807, 2.05) is 0 Å². The molecule has 0 unspecified atom stereocenters. The van der Waals surface area contributed by atoms with Gasteiger partial charge in [0.15, 0.2) is 0 Å². The van der Waals surface area contributed by atoms with Gasteiger partial charge in [-0.25, -0.2) is 0 Å². The van der Waals surface area contributed by atoms with E-state index < -0.39 is 0 Å². The summed E-state index contributed by atoms with van der Waals surface area (Å²) >= 11 is 0. The van der Waals surface area contributed by atoms with Crippen LogP contribution in [0.2, 0.25) is 0 Å². The van der Waals surface area contributed by atoms with E-state index in [2.05, 4.69) is 96.2 Å². The second-order valence-electron chi connectivity index (χ2n) is 8.12. The molecule has 0 amide bonds. The predicted octanol–water partition coefficient (Wildman–Crippen LogP) is 8.77. The molecule has 1 aromatic carbocycles. The van der Waals surface area contributed by atoms with Gasteiger partial charge in [0.05, 0.1) is 0 Å². The molecule has 0 aromatic heterocycles. The van der Waals surface area contributed by atoms with Crippen molar-refractivity contribution >= 4 is 0 Å². The van der Waals surface area contributed by atoms with E-state index in [1.165, 1.54) is 33.8 Å². The lowest BCUT2D eigenvalue weighted by Crippen LogP contribution is -1.98. The summed E-state index contributed by atoms with van der Waals surface area (Å²) in [7, 11) is 0. The van der Waals surface area contributed by atoms with Gasteiger partial charge in [-0.2, -0.15) is 0 Å². The van der Waals surface area contributed by atoms with Crippen LogP contribution in [0.1, 0.15) is 85.6 Å². The third-order valence-electron chi connectivity index (χ3n) is 4.76. The molecule has 0 spiro atoms. The number of allylic oxidation sites excluding steroid dienone is 8. The van der Waals surface area contributed by atoms with Crippen LogP contribution in [0.25, 0.3) is 0 Å². The molecule has 1 radical (unpaired) electrons. The quantitative estimate of drug-likeness (QED) is 0.345. The normalized spacial score (nSPS) is 12.3. The molecule has 0 N–H and O–H groups in total. The van der Waals surface area contributed by atoms with Crippen LogP contribution in [0.15, 0.2) is 76.9 Å². The number of rotatable bonds is 11. The topological polar surface area (TPSA) is 0 Å². The van der Waals surface area contributed by atoms with Gasteiger partial charge in [0, 0.05) is 5.92 Å². The van der Waals surface area contributed by atoms with Crippen molar-refractivity contribution in [3.05, 3.63) is 88.4 Å². The average molecular weight is 364 g/mol. The van der Waals surface area contributed by atoms with Crippen molar-refractivity contribution in [3.63, 3.8) is 0 Å². The van der Waals surface area contributed by atoms with Crippen molar-refractivity contribution in [2.24, 2.45) is 0 Å². The second kappa shape index (κ2) is 13.4. The van der Waals surface area contributed by atoms with Crippen molar-refractivity contribution in [1.82, 2.24) is 0 Å². The van der Waals surface area contributed by atoms with Gasteiger partial charge in [0.1, 0.15) is 0 Å². The molecule has 0 heteroatoms. The SMILES string of the molecule is CC(C)=CCC/C(C)=C/C[C](C/C=C(\C)CCC=C(C)C)c1ccccc1. The summed E-state index contributed by atoms with van der Waals surface area (Å²) in [5.74, 6) is 1.51. The third kappa shape index (κ3) is 11.5. The first-order valence-electron chi connectivity index (χ1n) is 10.4. The highest BCUT2D eigenvalue weighted by Crippen LogP contribution is 2.25. The molecule has 0 saturated heterocycles. The van der Waals surface area contributed by atoms with Gasteiger partial charge in [0.2, 0.25) is 0 Å². The minimum Gasteiger partial charge on any atom is -0.0856 e. The Bertz CT molecular complexity index is 605. The summed E-state index contributed by atoms with van der Waals surface area (Å²) in [5.41, 5.74) is 7.18. The maximum atomic E-state index is 2.42. The smallest absolute Gasteiger partial charge is 0.0125 e. The Hall–Kier alpha value is -1.82. The standard InChI is InChI=1S/C27H39/c1-22(2)12-10-14-24(5)18-20-27(26-16-8-7-9-17-26)21-19-25(6)15-11-13-23(3)4/h7-9,12-13,16-19H,10-11,14-15,20-21H2,1-6H3/b24-18+,25-19+. The summed E-state index contributed by atoms with van der Waals surface area (Å²) < 4.78 is 0. The molecule has 0 bridgehead atoms. The average Bonchev–Trinajstić information content (AvgIpc) is 2.62. The van der Waals surface area contributed by atoms with Gasteiger partial charge in [-0.3, -0.25) is 0 Å². The molecule has 0 aliphatic carbocycles. The molecule has 0 aliphatic heterocycles. The molecule has 0 aliphatic rings. The van der Waals surface area contributed by atoms with Gasteiger partial charge in [0.25, 0.3) is 0 Å². The fourth-order valence-electron chi connectivity index (χ4n) is 2.97. The summed E-state index contributed by atoms with van der Waals surface area (Å²) in [4.78, 5) is 0. The van der Waals surface area contributed by atoms with E-state index in [1.54, 1.807) is 0 Å². The Morgan fingerprint density at radius 2 is 1.07 bits per heavy atom. The zero-order valence-electron chi connectivity index (χ0n) is 18.4. The fraction of sp³-hybridized carbons (Fsp3) is 0.444. The maximum absolute atomic E-state index is 2.42. The predicted molar refractivity (Wildman–Crippen MR) is 123 cm³/mol. The highest BCUT2D eigenvalue weighted by molar-refractivity contribution is 5.33. The van der Waals surface area contributed by atoms with Gasteiger partial charge in [-0.15, -0.1) is 0 Å². The zero-order chi connectivity index (χ0) is 20.1. The van der Waals surface area contributed by atoms with Crippen LogP contribution in [0.3, 0.4) is 0 Å². The van der Waals surface area contributed by atoms with Crippen LogP contribution < -0.4 is 0 Å². The monoisotopic (exact) mass is 363 g/mol. The van der Waals surface area contributed by atoms with Gasteiger partial charge in [-0.05, 0) is 85.6 Å². The van der Waals surface area contributed by atoms with E-state index in [0.29, 0.717) is 0 Å². The molecular formula is C27H39. The lowest BCUT2D eigenvalue weighted by molar-refractivity contribution is 0.892. The van der Waals surface area contributed by atoms with Crippen molar-refractivity contribution in [3.8, 4) is 0 Å². The van der Waals surface area contributed by atoms with Crippen LogP contribution >= 0.6 is 0 Å². The summed E-state index contributed by atoms with van der Waals surface area (Å²) in [5, 5.41) is 0. The van der Waals surface area contributed by atoms with E-state index in [-0.39, 0.29) is 0 Å². The molecule has 27 heavy (non-hydrogen) atoms. The Kier molecular flexibility index (Phi) is 11.5. The zero-order valence-corrected chi connectivity index (χ0v) is 18.4. The van der Waals surface area contributed by atoms with Crippen molar-refractivity contribution in [1.29, 1.82) is 0 Å². The van der Waals surface area contributed by atoms with E-state index in [9.17, 15) is 0 Å². The minimum atomic E-state index is 1.04. The molecule has 0 heterocycles. The van der Waals surface area contributed by atoms with Crippen molar-refractivity contribution in [2.75, 3.05) is 0 Å². The van der Waals surface area contributed by atoms with Crippen LogP contribution in [-0.4, -0.2) is 0 Å². The molecule has 0 nitrogen and oxygen atoms in total. The van der Waals surface area contributed by atoms with E-state index in [0.717, 1.165) is 38.5 Å². The van der Waals surface area contributed by atoms with Gasteiger partial charge >= 0.3 is 0 Å². The first-order chi connectivity index (χ1) is 12.9. The highest BCUT2D eigenvalue weighted by Gasteiger charge is 2.09. The van der Waals surface area contributed by atoms with Crippen LogP contribution in [0.4, 0.5) is 0 Å². The van der Waals surface area contributed by atoms with Crippen LogP contribution in [0.5, 0.6) is 0 Å². The number of hydrogen-bond donors (Lipinski definition) is 0. The number of hydrogen-bond acceptors (Lipinski definition) is 0. The Morgan fingerprint density at radius 3 is 1.48 bits per heavy atom. The first kappa shape index (κ1) is 23.2. The lowest BCUT2D eigenvalue weighted by atomic mass is 9.90. The number of benzene rings is 1. The molecular weight excluding hydrogens is 324 g/mol. The Morgan fingerprint density at radius 1 is 0.630 bits per heavy atom. The van der Waals surface area contributed by atoms with E-state index >= 15 is 0 Å². The van der Waals surface area contributed by atoms with Crippen molar-refractivity contribution in [2.45, 2.75) is 80.1 Å². The minimum absolute atomic E-state index is 1.04.